The number of hydrogen-bond acceptors (Lipinski definition) is 0. The monoisotopic (exact) mass is 758 g/mol. The van der Waals surface area contributed by atoms with Crippen LogP contribution in [0.2, 0.25) is 0 Å². The molecule has 0 aromatic heterocycles. The summed E-state index contributed by atoms with van der Waals surface area (Å²) in [5, 5.41) is 15.0. The molecule has 0 aliphatic rings. The van der Waals surface area contributed by atoms with Crippen LogP contribution in [-0.2, 0) is 0 Å². The number of rotatable bonds is 5. The van der Waals surface area contributed by atoms with Crippen molar-refractivity contribution >= 4 is 64.6 Å². The molecule has 0 amide bonds. The molecule has 0 heterocycles. The molecule has 0 nitrogen and oxygen atoms in total. The highest BCUT2D eigenvalue weighted by molar-refractivity contribution is 6.26. The summed E-state index contributed by atoms with van der Waals surface area (Å²) in [6.45, 7) is 0. The van der Waals surface area contributed by atoms with Gasteiger partial charge in [0.05, 0.1) is 0 Å². The van der Waals surface area contributed by atoms with Crippen LogP contribution in [0.15, 0.2) is 231 Å². The number of benzene rings is 12. The Hall–Kier alpha value is -7.80. The van der Waals surface area contributed by atoms with Crippen molar-refractivity contribution in [3.05, 3.63) is 231 Å². The fourth-order valence-electron chi connectivity index (χ4n) is 10.0. The Labute approximate surface area is 349 Å². The van der Waals surface area contributed by atoms with E-state index in [-0.39, 0.29) is 0 Å². The molecule has 0 heteroatoms. The Morgan fingerprint density at radius 3 is 0.900 bits per heavy atom. The molecule has 0 atom stereocenters. The van der Waals surface area contributed by atoms with Gasteiger partial charge in [0.15, 0.2) is 0 Å². The second-order valence-corrected chi connectivity index (χ2v) is 15.9. The fraction of sp³-hybridized carbons (Fsp3) is 0. The van der Waals surface area contributed by atoms with Crippen LogP contribution in [-0.4, -0.2) is 0 Å². The average molecular weight is 759 g/mol. The molecule has 0 spiro atoms. The Bertz CT molecular complexity index is 3380. The molecule has 12 aromatic rings. The Morgan fingerprint density at radius 1 is 0.167 bits per heavy atom. The zero-order valence-corrected chi connectivity index (χ0v) is 32.9. The van der Waals surface area contributed by atoms with Crippen LogP contribution in [0.4, 0.5) is 0 Å². The minimum absolute atomic E-state index is 1.19. The summed E-state index contributed by atoms with van der Waals surface area (Å²) in [6.07, 6.45) is 0. The van der Waals surface area contributed by atoms with E-state index < -0.39 is 0 Å². The van der Waals surface area contributed by atoms with Crippen LogP contribution in [0.1, 0.15) is 0 Å². The molecule has 0 unspecified atom stereocenters. The lowest BCUT2D eigenvalue weighted by molar-refractivity contribution is 1.64. The molecule has 12 aromatic carbocycles. The number of fused-ring (bicyclic) bond motifs is 6. The molecular formula is C60H38. The first-order chi connectivity index (χ1) is 29.8. The van der Waals surface area contributed by atoms with Gasteiger partial charge >= 0.3 is 0 Å². The highest BCUT2D eigenvalue weighted by Gasteiger charge is 2.21. The van der Waals surface area contributed by atoms with Gasteiger partial charge in [-0.2, -0.15) is 0 Å². The molecular weight excluding hydrogens is 721 g/mol. The second kappa shape index (κ2) is 13.9. The van der Waals surface area contributed by atoms with Crippen LogP contribution in [0.5, 0.6) is 0 Å². The van der Waals surface area contributed by atoms with Crippen molar-refractivity contribution in [3.63, 3.8) is 0 Å². The normalized spacial score (nSPS) is 11.7. The quantitative estimate of drug-likeness (QED) is 0.153. The zero-order chi connectivity index (χ0) is 39.6. The first-order valence-corrected chi connectivity index (χ1v) is 20.8. The fourth-order valence-corrected chi connectivity index (χ4v) is 10.0. The highest BCUT2D eigenvalue weighted by atomic mass is 14.2. The smallest absolute Gasteiger partial charge is 0.00199 e. The van der Waals surface area contributed by atoms with Crippen LogP contribution in [0.3, 0.4) is 0 Å². The van der Waals surface area contributed by atoms with Crippen molar-refractivity contribution in [2.45, 2.75) is 0 Å². The standard InChI is InChI=1S/C60H38/c1-3-19-41(20-4-1)57-49-27-11-13-29-51(49)59(47-31-15-23-39-17-7-9-25-45(39)47)55-37-43(33-35-53(55)57)44-34-36-54-56(38-44)60(48-32-16-24-40-18-8-10-26-46(40)48)52-30-14-12-28-50(52)58(54)42-21-5-2-6-22-42/h1-38H. The lowest BCUT2D eigenvalue weighted by atomic mass is 9.82. The van der Waals surface area contributed by atoms with E-state index in [9.17, 15) is 0 Å². The van der Waals surface area contributed by atoms with Crippen molar-refractivity contribution < 1.29 is 0 Å². The maximum absolute atomic E-state index is 2.46. The van der Waals surface area contributed by atoms with Crippen LogP contribution in [0, 0.1) is 0 Å². The summed E-state index contributed by atoms with van der Waals surface area (Å²) in [4.78, 5) is 0. The van der Waals surface area contributed by atoms with E-state index in [1.807, 2.05) is 0 Å². The second-order valence-electron chi connectivity index (χ2n) is 15.9. The van der Waals surface area contributed by atoms with E-state index in [2.05, 4.69) is 231 Å². The third-order valence-electron chi connectivity index (χ3n) is 12.6. The van der Waals surface area contributed by atoms with Gasteiger partial charge < -0.3 is 0 Å². The lowest BCUT2D eigenvalue weighted by Crippen LogP contribution is -1.93. The molecule has 0 bridgehead atoms. The van der Waals surface area contributed by atoms with Crippen LogP contribution >= 0.6 is 0 Å². The summed E-state index contributed by atoms with van der Waals surface area (Å²) in [7, 11) is 0. The van der Waals surface area contributed by atoms with Gasteiger partial charge in [-0.1, -0.05) is 218 Å². The minimum Gasteiger partial charge on any atom is -0.0622 e. The molecule has 0 N–H and O–H groups in total. The zero-order valence-electron chi connectivity index (χ0n) is 32.9. The minimum atomic E-state index is 1.19. The van der Waals surface area contributed by atoms with Gasteiger partial charge in [-0.3, -0.25) is 0 Å². The average Bonchev–Trinajstić information content (AvgIpc) is 3.32. The maximum atomic E-state index is 2.46. The Morgan fingerprint density at radius 2 is 0.483 bits per heavy atom. The van der Waals surface area contributed by atoms with Gasteiger partial charge in [0, 0.05) is 0 Å². The summed E-state index contributed by atoms with van der Waals surface area (Å²) in [6, 6.07) is 85.2. The van der Waals surface area contributed by atoms with Crippen molar-refractivity contribution in [2.24, 2.45) is 0 Å². The maximum Gasteiger partial charge on any atom is -0.00199 e. The predicted octanol–water partition coefficient (Wildman–Crippen LogP) is 16.9. The van der Waals surface area contributed by atoms with E-state index in [1.165, 1.54) is 120 Å². The van der Waals surface area contributed by atoms with Crippen molar-refractivity contribution in [1.29, 1.82) is 0 Å². The topological polar surface area (TPSA) is 0 Å². The molecule has 0 saturated carbocycles. The van der Waals surface area contributed by atoms with Crippen molar-refractivity contribution in [3.8, 4) is 55.6 Å². The first kappa shape index (κ1) is 34.3. The summed E-state index contributed by atoms with van der Waals surface area (Å²) < 4.78 is 0. The molecule has 60 heavy (non-hydrogen) atoms. The Kier molecular flexibility index (Phi) is 7.96. The summed E-state index contributed by atoms with van der Waals surface area (Å²) in [5.41, 5.74) is 12.4. The lowest BCUT2D eigenvalue weighted by Gasteiger charge is -2.21. The van der Waals surface area contributed by atoms with E-state index >= 15 is 0 Å². The largest absolute Gasteiger partial charge is 0.0622 e. The molecule has 0 aliphatic heterocycles. The van der Waals surface area contributed by atoms with E-state index in [0.29, 0.717) is 0 Å². The van der Waals surface area contributed by atoms with Gasteiger partial charge in [-0.25, -0.2) is 0 Å². The molecule has 278 valence electrons. The SMILES string of the molecule is c1ccc(-c2c3ccccc3c(-c3cccc4ccccc34)c3cc(-c4ccc5c(-c6ccccc6)c6ccccc6c(-c6cccc7ccccc67)c5c4)ccc23)cc1. The Balaban J connectivity index is 1.20. The van der Waals surface area contributed by atoms with Gasteiger partial charge in [0.1, 0.15) is 0 Å². The first-order valence-electron chi connectivity index (χ1n) is 20.8. The third kappa shape index (κ3) is 5.39. The molecule has 0 fully saturated rings. The predicted molar refractivity (Wildman–Crippen MR) is 259 cm³/mol. The van der Waals surface area contributed by atoms with Gasteiger partial charge in [0.2, 0.25) is 0 Å². The highest BCUT2D eigenvalue weighted by Crippen LogP contribution is 2.49. The van der Waals surface area contributed by atoms with Crippen molar-refractivity contribution in [2.75, 3.05) is 0 Å². The molecule has 0 radical (unpaired) electrons. The molecule has 0 saturated heterocycles. The van der Waals surface area contributed by atoms with Crippen molar-refractivity contribution in [1.82, 2.24) is 0 Å². The third-order valence-corrected chi connectivity index (χ3v) is 12.6. The number of hydrogen-bond donors (Lipinski definition) is 0. The molecule has 0 aliphatic carbocycles. The van der Waals surface area contributed by atoms with E-state index in [4.69, 9.17) is 0 Å². The molecule has 12 rings (SSSR count). The van der Waals surface area contributed by atoms with Gasteiger partial charge in [0.25, 0.3) is 0 Å². The van der Waals surface area contributed by atoms with E-state index in [1.54, 1.807) is 0 Å². The van der Waals surface area contributed by atoms with Gasteiger partial charge in [-0.15, -0.1) is 0 Å². The summed E-state index contributed by atoms with van der Waals surface area (Å²) >= 11 is 0. The van der Waals surface area contributed by atoms with Crippen LogP contribution in [0.25, 0.3) is 120 Å². The van der Waals surface area contributed by atoms with Crippen LogP contribution < -0.4 is 0 Å². The van der Waals surface area contributed by atoms with Gasteiger partial charge in [-0.05, 0) is 132 Å². The van der Waals surface area contributed by atoms with E-state index in [0.717, 1.165) is 0 Å². The summed E-state index contributed by atoms with van der Waals surface area (Å²) in [5.74, 6) is 0.